The van der Waals surface area contributed by atoms with Gasteiger partial charge in [-0.2, -0.15) is 18.3 Å². The Morgan fingerprint density at radius 1 is 1.21 bits per heavy atom. The molecule has 0 atom stereocenters. The van der Waals surface area contributed by atoms with Gasteiger partial charge in [0.15, 0.2) is 0 Å². The third-order valence-electron chi connectivity index (χ3n) is 3.08. The summed E-state index contributed by atoms with van der Waals surface area (Å²) in [5.74, 6) is -0.312. The van der Waals surface area contributed by atoms with Crippen LogP contribution in [0.1, 0.15) is 21.5 Å². The maximum absolute atomic E-state index is 12.4. The van der Waals surface area contributed by atoms with Crippen molar-refractivity contribution in [1.82, 2.24) is 5.43 Å². The zero-order chi connectivity index (χ0) is 17.7. The fraction of sp³-hybridized carbons (Fsp3) is 0.125. The highest BCUT2D eigenvalue weighted by Gasteiger charge is 2.30. The van der Waals surface area contributed by atoms with Crippen molar-refractivity contribution in [3.63, 3.8) is 0 Å². The van der Waals surface area contributed by atoms with Crippen LogP contribution in [0.15, 0.2) is 47.6 Å². The van der Waals surface area contributed by atoms with Gasteiger partial charge in [-0.1, -0.05) is 0 Å². The van der Waals surface area contributed by atoms with Crippen LogP contribution in [-0.4, -0.2) is 24.3 Å². The molecule has 5 nitrogen and oxygen atoms in total. The van der Waals surface area contributed by atoms with Gasteiger partial charge in [-0.3, -0.25) is 4.79 Å². The number of methoxy groups -OCH3 is 1. The number of carbonyl (C=O) groups is 1. The molecule has 0 aromatic heterocycles. The molecule has 0 saturated heterocycles. The lowest BCUT2D eigenvalue weighted by atomic mass is 10.1. The molecule has 2 N–H and O–H groups in total. The van der Waals surface area contributed by atoms with Crippen LogP contribution >= 0.6 is 0 Å². The first-order valence-electron chi connectivity index (χ1n) is 6.69. The molecule has 0 heterocycles. The fourth-order valence-corrected chi connectivity index (χ4v) is 1.80. The molecule has 0 aliphatic heterocycles. The number of hydrazone groups is 1. The minimum Gasteiger partial charge on any atom is -0.507 e. The van der Waals surface area contributed by atoms with E-state index in [2.05, 4.69) is 10.5 Å². The second-order valence-electron chi connectivity index (χ2n) is 4.70. The number of ether oxygens (including phenoxy) is 1. The molecule has 0 aliphatic carbocycles. The highest BCUT2D eigenvalue weighted by Crippen LogP contribution is 2.29. The number of amides is 1. The van der Waals surface area contributed by atoms with Gasteiger partial charge in [0.25, 0.3) is 5.91 Å². The second-order valence-corrected chi connectivity index (χ2v) is 4.70. The average Bonchev–Trinajstić information content (AvgIpc) is 2.55. The van der Waals surface area contributed by atoms with Gasteiger partial charge in [0, 0.05) is 17.2 Å². The molecule has 126 valence electrons. The topological polar surface area (TPSA) is 70.9 Å². The van der Waals surface area contributed by atoms with E-state index in [1.807, 2.05) is 0 Å². The van der Waals surface area contributed by atoms with Crippen molar-refractivity contribution in [2.24, 2.45) is 5.10 Å². The Bertz CT molecular complexity index is 756. The van der Waals surface area contributed by atoms with Gasteiger partial charge in [-0.25, -0.2) is 5.43 Å². The normalized spacial score (nSPS) is 11.5. The number of halogens is 3. The highest BCUT2D eigenvalue weighted by atomic mass is 19.4. The number of phenols is 1. The second kappa shape index (κ2) is 7.03. The molecule has 0 unspecified atom stereocenters. The van der Waals surface area contributed by atoms with E-state index in [4.69, 9.17) is 4.74 Å². The van der Waals surface area contributed by atoms with Crippen LogP contribution in [-0.2, 0) is 6.18 Å². The van der Waals surface area contributed by atoms with Crippen LogP contribution in [0.2, 0.25) is 0 Å². The Morgan fingerprint density at radius 3 is 2.42 bits per heavy atom. The molecule has 0 bridgehead atoms. The summed E-state index contributed by atoms with van der Waals surface area (Å²) in [6.45, 7) is 0. The SMILES string of the molecule is COc1ccc(C=NNC(=O)c2ccc(C(F)(F)F)cc2)c(O)c1. The zero-order valence-electron chi connectivity index (χ0n) is 12.5. The smallest absolute Gasteiger partial charge is 0.416 e. The van der Waals surface area contributed by atoms with E-state index >= 15 is 0 Å². The molecule has 0 aliphatic rings. The van der Waals surface area contributed by atoms with Crippen molar-refractivity contribution in [3.05, 3.63) is 59.2 Å². The molecular formula is C16H13F3N2O3. The van der Waals surface area contributed by atoms with Crippen LogP contribution in [0.5, 0.6) is 11.5 Å². The van der Waals surface area contributed by atoms with E-state index in [9.17, 15) is 23.1 Å². The summed E-state index contributed by atoms with van der Waals surface area (Å²) in [5, 5.41) is 13.4. The molecule has 2 aromatic carbocycles. The van der Waals surface area contributed by atoms with Gasteiger partial charge in [0.05, 0.1) is 18.9 Å². The third kappa shape index (κ3) is 4.25. The van der Waals surface area contributed by atoms with Gasteiger partial charge >= 0.3 is 6.18 Å². The predicted molar refractivity (Wildman–Crippen MR) is 81.2 cm³/mol. The van der Waals surface area contributed by atoms with Crippen LogP contribution in [0.25, 0.3) is 0 Å². The number of hydrogen-bond acceptors (Lipinski definition) is 4. The summed E-state index contributed by atoms with van der Waals surface area (Å²) in [6.07, 6.45) is -3.25. The van der Waals surface area contributed by atoms with Gasteiger partial charge in [-0.05, 0) is 36.4 Å². The monoisotopic (exact) mass is 338 g/mol. The lowest BCUT2D eigenvalue weighted by Crippen LogP contribution is -2.18. The quantitative estimate of drug-likeness (QED) is 0.664. The van der Waals surface area contributed by atoms with Crippen molar-refractivity contribution in [2.45, 2.75) is 6.18 Å². The van der Waals surface area contributed by atoms with E-state index < -0.39 is 17.6 Å². The summed E-state index contributed by atoms with van der Waals surface area (Å²) in [6, 6.07) is 8.23. The summed E-state index contributed by atoms with van der Waals surface area (Å²) in [5.41, 5.74) is 1.69. The number of hydrogen-bond donors (Lipinski definition) is 2. The largest absolute Gasteiger partial charge is 0.507 e. The molecule has 2 aromatic rings. The Kier molecular flexibility index (Phi) is 5.08. The number of aromatic hydroxyl groups is 1. The lowest BCUT2D eigenvalue weighted by Gasteiger charge is -2.07. The molecule has 0 spiro atoms. The first-order chi connectivity index (χ1) is 11.3. The number of benzene rings is 2. The van der Waals surface area contributed by atoms with Crippen molar-refractivity contribution >= 4 is 12.1 Å². The summed E-state index contributed by atoms with van der Waals surface area (Å²) in [4.78, 5) is 11.8. The summed E-state index contributed by atoms with van der Waals surface area (Å²) >= 11 is 0. The Balaban J connectivity index is 2.02. The third-order valence-corrected chi connectivity index (χ3v) is 3.08. The summed E-state index contributed by atoms with van der Waals surface area (Å²) in [7, 11) is 1.45. The molecule has 0 radical (unpaired) electrons. The van der Waals surface area contributed by atoms with Gasteiger partial charge in [0.1, 0.15) is 11.5 Å². The predicted octanol–water partition coefficient (Wildman–Crippen LogP) is 3.18. The van der Waals surface area contributed by atoms with E-state index in [0.29, 0.717) is 11.3 Å². The molecule has 0 fully saturated rings. The molecule has 1 amide bonds. The molecule has 8 heteroatoms. The van der Waals surface area contributed by atoms with Crippen LogP contribution in [0, 0.1) is 0 Å². The van der Waals surface area contributed by atoms with Crippen LogP contribution in [0.4, 0.5) is 13.2 Å². The lowest BCUT2D eigenvalue weighted by molar-refractivity contribution is -0.137. The number of nitrogens with one attached hydrogen (secondary N) is 1. The number of rotatable bonds is 4. The standard InChI is InChI=1S/C16H13F3N2O3/c1-24-13-7-4-11(14(22)8-13)9-20-21-15(23)10-2-5-12(6-3-10)16(17,18)19/h2-9,22H,1H3,(H,21,23). The minimum atomic E-state index is -4.46. The maximum atomic E-state index is 12.4. The zero-order valence-corrected chi connectivity index (χ0v) is 12.5. The van der Waals surface area contributed by atoms with Gasteiger partial charge in [-0.15, -0.1) is 0 Å². The Morgan fingerprint density at radius 2 is 1.88 bits per heavy atom. The Hall–Kier alpha value is -3.03. The van der Waals surface area contributed by atoms with E-state index in [1.54, 1.807) is 6.07 Å². The first-order valence-corrected chi connectivity index (χ1v) is 6.69. The number of carbonyl (C=O) groups excluding carboxylic acids is 1. The average molecular weight is 338 g/mol. The van der Waals surface area contributed by atoms with Crippen LogP contribution in [0.3, 0.4) is 0 Å². The highest BCUT2D eigenvalue weighted by molar-refractivity contribution is 5.95. The van der Waals surface area contributed by atoms with E-state index in [1.165, 1.54) is 25.5 Å². The number of alkyl halides is 3. The van der Waals surface area contributed by atoms with Crippen molar-refractivity contribution in [3.8, 4) is 11.5 Å². The van der Waals surface area contributed by atoms with Crippen molar-refractivity contribution in [1.29, 1.82) is 0 Å². The minimum absolute atomic E-state index is 0.0269. The van der Waals surface area contributed by atoms with Gasteiger partial charge in [0.2, 0.25) is 0 Å². The maximum Gasteiger partial charge on any atom is 0.416 e. The van der Waals surface area contributed by atoms with Crippen molar-refractivity contribution < 1.29 is 27.8 Å². The first kappa shape index (κ1) is 17.3. The molecule has 2 rings (SSSR count). The van der Waals surface area contributed by atoms with Crippen molar-refractivity contribution in [2.75, 3.05) is 7.11 Å². The fourth-order valence-electron chi connectivity index (χ4n) is 1.80. The van der Waals surface area contributed by atoms with Crippen LogP contribution < -0.4 is 10.2 Å². The van der Waals surface area contributed by atoms with E-state index in [0.717, 1.165) is 24.3 Å². The number of nitrogens with zero attached hydrogens (tertiary/aromatic N) is 1. The van der Waals surface area contributed by atoms with E-state index in [-0.39, 0.29) is 11.3 Å². The summed E-state index contributed by atoms with van der Waals surface area (Å²) < 4.78 is 42.3. The number of phenolic OH excluding ortho intramolecular Hbond substituents is 1. The molecule has 0 saturated carbocycles. The Labute approximate surface area is 135 Å². The molecule has 24 heavy (non-hydrogen) atoms. The van der Waals surface area contributed by atoms with Gasteiger partial charge < -0.3 is 9.84 Å². The molecular weight excluding hydrogens is 325 g/mol.